The number of fused-ring (bicyclic) bond motifs is 5. The molecular formula is C23H38O3. The fraction of sp³-hybridized carbons (Fsp3) is 0.957. The number of rotatable bonds is 2. The van der Waals surface area contributed by atoms with Crippen molar-refractivity contribution in [1.29, 1.82) is 0 Å². The van der Waals surface area contributed by atoms with E-state index in [9.17, 15) is 4.79 Å². The summed E-state index contributed by atoms with van der Waals surface area (Å²) >= 11 is 0. The second kappa shape index (κ2) is 6.22. The number of hydrogen-bond donors (Lipinski definition) is 0. The summed E-state index contributed by atoms with van der Waals surface area (Å²) in [5.74, 6) is 3.19. The minimum atomic E-state index is -0.106. The van der Waals surface area contributed by atoms with Gasteiger partial charge in [-0.05, 0) is 99.2 Å². The molecule has 0 aliphatic heterocycles. The third kappa shape index (κ3) is 2.52. The minimum Gasteiger partial charge on any atom is -0.463 e. The lowest BCUT2D eigenvalue weighted by atomic mass is 9.44. The quantitative estimate of drug-likeness (QED) is 0.620. The summed E-state index contributed by atoms with van der Waals surface area (Å²) in [7, 11) is 1.92. The molecule has 148 valence electrons. The van der Waals surface area contributed by atoms with Crippen LogP contribution in [0.25, 0.3) is 0 Å². The molecule has 0 aromatic rings. The van der Waals surface area contributed by atoms with Gasteiger partial charge in [0.05, 0.1) is 5.60 Å². The summed E-state index contributed by atoms with van der Waals surface area (Å²) in [5, 5.41) is 0. The summed E-state index contributed by atoms with van der Waals surface area (Å²) < 4.78 is 11.7. The molecule has 0 N–H and O–H groups in total. The van der Waals surface area contributed by atoms with Crippen molar-refractivity contribution in [2.24, 2.45) is 34.5 Å². The Morgan fingerprint density at radius 2 is 1.65 bits per heavy atom. The molecule has 3 heteroatoms. The molecule has 4 aliphatic carbocycles. The topological polar surface area (TPSA) is 35.5 Å². The molecule has 4 fully saturated rings. The van der Waals surface area contributed by atoms with Gasteiger partial charge in [-0.15, -0.1) is 0 Å². The zero-order valence-electron chi connectivity index (χ0n) is 17.5. The zero-order valence-corrected chi connectivity index (χ0v) is 17.5. The first-order valence-corrected chi connectivity index (χ1v) is 11.0. The van der Waals surface area contributed by atoms with E-state index in [2.05, 4.69) is 20.8 Å². The van der Waals surface area contributed by atoms with Gasteiger partial charge in [0, 0.05) is 14.0 Å². The van der Waals surface area contributed by atoms with Gasteiger partial charge in [-0.25, -0.2) is 0 Å². The zero-order chi connectivity index (χ0) is 18.7. The number of carbonyl (C=O) groups is 1. The molecule has 8 atom stereocenters. The Morgan fingerprint density at radius 3 is 2.35 bits per heavy atom. The smallest absolute Gasteiger partial charge is 0.302 e. The molecule has 3 nitrogen and oxygen atoms in total. The van der Waals surface area contributed by atoms with E-state index in [-0.39, 0.29) is 17.7 Å². The van der Waals surface area contributed by atoms with Crippen molar-refractivity contribution in [3.05, 3.63) is 0 Å². The summed E-state index contributed by atoms with van der Waals surface area (Å²) in [5.41, 5.74) is 0.862. The highest BCUT2D eigenvalue weighted by Gasteiger charge is 2.63. The maximum absolute atomic E-state index is 11.4. The summed E-state index contributed by atoms with van der Waals surface area (Å²) in [6, 6.07) is 0. The van der Waals surface area contributed by atoms with Gasteiger partial charge in [-0.2, -0.15) is 0 Å². The molecular weight excluding hydrogens is 324 g/mol. The van der Waals surface area contributed by atoms with Crippen molar-refractivity contribution in [3.8, 4) is 0 Å². The van der Waals surface area contributed by atoms with Crippen molar-refractivity contribution in [2.45, 2.75) is 97.2 Å². The maximum Gasteiger partial charge on any atom is 0.302 e. The molecule has 0 amide bonds. The van der Waals surface area contributed by atoms with Gasteiger partial charge in [-0.1, -0.05) is 13.8 Å². The van der Waals surface area contributed by atoms with E-state index in [0.29, 0.717) is 10.8 Å². The third-order valence-corrected chi connectivity index (χ3v) is 9.93. The molecule has 26 heavy (non-hydrogen) atoms. The van der Waals surface area contributed by atoms with Crippen LogP contribution < -0.4 is 0 Å². The summed E-state index contributed by atoms with van der Waals surface area (Å²) in [4.78, 5) is 11.4. The van der Waals surface area contributed by atoms with E-state index in [4.69, 9.17) is 9.47 Å². The van der Waals surface area contributed by atoms with Gasteiger partial charge in [0.25, 0.3) is 0 Å². The van der Waals surface area contributed by atoms with Crippen molar-refractivity contribution in [2.75, 3.05) is 7.11 Å². The molecule has 0 bridgehead atoms. The fourth-order valence-electron chi connectivity index (χ4n) is 8.12. The maximum atomic E-state index is 11.4. The Balaban J connectivity index is 1.55. The lowest BCUT2D eigenvalue weighted by Crippen LogP contribution is -2.56. The largest absolute Gasteiger partial charge is 0.463 e. The van der Waals surface area contributed by atoms with E-state index < -0.39 is 0 Å². The first kappa shape index (κ1) is 18.8. The Bertz CT molecular complexity index is 574. The predicted molar refractivity (Wildman–Crippen MR) is 103 cm³/mol. The molecule has 0 saturated heterocycles. The Morgan fingerprint density at radius 1 is 0.923 bits per heavy atom. The van der Waals surface area contributed by atoms with Crippen LogP contribution in [0.3, 0.4) is 0 Å². The third-order valence-electron chi connectivity index (χ3n) is 9.93. The van der Waals surface area contributed by atoms with Gasteiger partial charge < -0.3 is 9.47 Å². The number of hydrogen-bond acceptors (Lipinski definition) is 3. The van der Waals surface area contributed by atoms with E-state index >= 15 is 0 Å². The molecule has 0 aromatic heterocycles. The number of ether oxygens (including phenoxy) is 2. The van der Waals surface area contributed by atoms with Crippen LogP contribution in [0.4, 0.5) is 0 Å². The van der Waals surface area contributed by atoms with Crippen LogP contribution in [0.1, 0.15) is 85.5 Å². The second-order valence-electron chi connectivity index (χ2n) is 10.6. The molecule has 0 radical (unpaired) electrons. The highest BCUT2D eigenvalue weighted by Crippen LogP contribution is 2.68. The van der Waals surface area contributed by atoms with Crippen LogP contribution in [-0.4, -0.2) is 24.8 Å². The van der Waals surface area contributed by atoms with Crippen LogP contribution in [0.2, 0.25) is 0 Å². The number of esters is 1. The highest BCUT2D eigenvalue weighted by atomic mass is 16.5. The molecule has 4 saturated carbocycles. The lowest BCUT2D eigenvalue weighted by molar-refractivity contribution is -0.171. The van der Waals surface area contributed by atoms with Crippen LogP contribution in [0.15, 0.2) is 0 Å². The molecule has 4 aliphatic rings. The standard InChI is InChI=1S/C23H38O3/c1-15(24)26-17-8-11-21(2)16(14-17)6-7-18-19(21)9-12-22(3)20(18)10-13-23(22,4)25-5/h16-20H,6-14H2,1-5H3. The van der Waals surface area contributed by atoms with Gasteiger partial charge in [0.15, 0.2) is 0 Å². The van der Waals surface area contributed by atoms with Gasteiger partial charge in [-0.3, -0.25) is 4.79 Å². The SMILES string of the molecule is COC1(C)CCC2C3CCC4CC(OC(C)=O)CCC4(C)C3CCC21C. The molecule has 0 spiro atoms. The molecule has 0 heterocycles. The number of carbonyl (C=O) groups excluding carboxylic acids is 1. The fourth-order valence-corrected chi connectivity index (χ4v) is 8.12. The highest BCUT2D eigenvalue weighted by molar-refractivity contribution is 5.66. The summed E-state index contributed by atoms with van der Waals surface area (Å²) in [6.07, 6.45) is 11.5. The first-order chi connectivity index (χ1) is 12.2. The van der Waals surface area contributed by atoms with Gasteiger partial charge in [0.2, 0.25) is 0 Å². The Hall–Kier alpha value is -0.570. The normalized spacial score (nSPS) is 53.3. The van der Waals surface area contributed by atoms with Gasteiger partial charge >= 0.3 is 5.97 Å². The van der Waals surface area contributed by atoms with Crippen molar-refractivity contribution < 1.29 is 14.3 Å². The monoisotopic (exact) mass is 362 g/mol. The molecule has 4 rings (SSSR count). The number of methoxy groups -OCH3 is 1. The van der Waals surface area contributed by atoms with Crippen LogP contribution in [-0.2, 0) is 14.3 Å². The van der Waals surface area contributed by atoms with E-state index in [1.165, 1.54) is 44.9 Å². The second-order valence-corrected chi connectivity index (χ2v) is 10.6. The Kier molecular flexibility index (Phi) is 4.49. The first-order valence-electron chi connectivity index (χ1n) is 11.0. The van der Waals surface area contributed by atoms with Crippen LogP contribution in [0.5, 0.6) is 0 Å². The van der Waals surface area contributed by atoms with Crippen molar-refractivity contribution >= 4 is 5.97 Å². The van der Waals surface area contributed by atoms with E-state index in [1.54, 1.807) is 6.92 Å². The average Bonchev–Trinajstić information content (AvgIpc) is 2.87. The minimum absolute atomic E-state index is 0.0629. The average molecular weight is 363 g/mol. The lowest BCUT2D eigenvalue weighted by Gasteiger charge is -2.61. The van der Waals surface area contributed by atoms with E-state index in [0.717, 1.165) is 36.5 Å². The van der Waals surface area contributed by atoms with Crippen molar-refractivity contribution in [1.82, 2.24) is 0 Å². The van der Waals surface area contributed by atoms with Gasteiger partial charge in [0.1, 0.15) is 6.10 Å². The predicted octanol–water partition coefficient (Wildman–Crippen LogP) is 5.37. The van der Waals surface area contributed by atoms with Crippen LogP contribution >= 0.6 is 0 Å². The molecule has 0 aromatic carbocycles. The summed E-state index contributed by atoms with van der Waals surface area (Å²) in [6.45, 7) is 9.02. The Labute approximate surface area is 159 Å². The van der Waals surface area contributed by atoms with Crippen molar-refractivity contribution in [3.63, 3.8) is 0 Å². The van der Waals surface area contributed by atoms with E-state index in [1.807, 2.05) is 7.11 Å². The van der Waals surface area contributed by atoms with Crippen LogP contribution in [0, 0.1) is 34.5 Å². The molecule has 8 unspecified atom stereocenters.